The zero-order chi connectivity index (χ0) is 21.5. The Bertz CT molecular complexity index is 567. The highest BCUT2D eigenvalue weighted by Gasteiger charge is 2.51. The Morgan fingerprint density at radius 1 is 1.29 bits per heavy atom. The molecule has 0 aromatic rings. The number of hydrazine groups is 1. The van der Waals surface area contributed by atoms with E-state index >= 15 is 0 Å². The van der Waals surface area contributed by atoms with Crippen molar-refractivity contribution in [3.8, 4) is 0 Å². The molecular formula is C18H35BrN5O4+. The van der Waals surface area contributed by atoms with Gasteiger partial charge in [0.05, 0.1) is 5.33 Å². The van der Waals surface area contributed by atoms with Gasteiger partial charge in [0.2, 0.25) is 0 Å². The van der Waals surface area contributed by atoms with Crippen LogP contribution in [0.2, 0.25) is 0 Å². The minimum Gasteiger partial charge on any atom is -0.444 e. The molecule has 3 amide bonds. The number of alkyl halides is 1. The number of nitrogens with zero attached hydrogens (tertiary/aromatic N) is 2. The van der Waals surface area contributed by atoms with Gasteiger partial charge in [0.25, 0.3) is 5.91 Å². The van der Waals surface area contributed by atoms with E-state index < -0.39 is 17.9 Å². The van der Waals surface area contributed by atoms with Gasteiger partial charge in [0.15, 0.2) is 6.17 Å². The SMILES string of the molecule is CNN(CC(=O)[N+]1(NC(=O)CBr)CCCC1NC(=O)OC(C)(C)C)CC(C)C. The molecule has 1 heterocycles. The molecule has 162 valence electrons. The Morgan fingerprint density at radius 2 is 1.93 bits per heavy atom. The second-order valence-corrected chi connectivity index (χ2v) is 9.02. The molecule has 2 unspecified atom stereocenters. The van der Waals surface area contributed by atoms with Crippen LogP contribution in [-0.4, -0.2) is 71.3 Å². The topological polar surface area (TPSA) is 99.8 Å². The maximum Gasteiger partial charge on any atom is 0.412 e. The van der Waals surface area contributed by atoms with E-state index in [-0.39, 0.29) is 28.3 Å². The summed E-state index contributed by atoms with van der Waals surface area (Å²) < 4.78 is 5.02. The second-order valence-electron chi connectivity index (χ2n) is 8.46. The third-order valence-corrected chi connectivity index (χ3v) is 4.83. The fraction of sp³-hybridized carbons (Fsp3) is 0.833. The number of hydrogen-bond donors (Lipinski definition) is 3. The zero-order valence-corrected chi connectivity index (χ0v) is 19.4. The van der Waals surface area contributed by atoms with E-state index in [2.05, 4.69) is 45.9 Å². The van der Waals surface area contributed by atoms with Crippen molar-refractivity contribution in [1.82, 2.24) is 21.2 Å². The number of carbonyl (C=O) groups is 3. The van der Waals surface area contributed by atoms with Gasteiger partial charge in [-0.2, -0.15) is 5.43 Å². The quantitative estimate of drug-likeness (QED) is 0.299. The summed E-state index contributed by atoms with van der Waals surface area (Å²) in [7, 11) is 1.76. The third-order valence-electron chi connectivity index (χ3n) is 4.32. The summed E-state index contributed by atoms with van der Waals surface area (Å²) in [4.78, 5) is 37.8. The van der Waals surface area contributed by atoms with Crippen LogP contribution in [0.3, 0.4) is 0 Å². The number of amides is 3. The molecule has 28 heavy (non-hydrogen) atoms. The molecule has 0 saturated carbocycles. The Labute approximate surface area is 176 Å². The summed E-state index contributed by atoms with van der Waals surface area (Å²) in [6.07, 6.45) is 0.0778. The number of quaternary nitrogens is 1. The van der Waals surface area contributed by atoms with Crippen molar-refractivity contribution in [1.29, 1.82) is 0 Å². The second kappa shape index (κ2) is 10.5. The van der Waals surface area contributed by atoms with Gasteiger partial charge in [-0.25, -0.2) is 14.6 Å². The first-order valence-corrected chi connectivity index (χ1v) is 10.8. The van der Waals surface area contributed by atoms with Crippen LogP contribution in [0, 0.1) is 5.92 Å². The minimum absolute atomic E-state index is 0.0706. The molecule has 9 nitrogen and oxygen atoms in total. The van der Waals surface area contributed by atoms with Crippen LogP contribution in [0.15, 0.2) is 0 Å². The minimum atomic E-state index is -0.651. The molecule has 0 aliphatic carbocycles. The van der Waals surface area contributed by atoms with Crippen molar-refractivity contribution < 1.29 is 23.7 Å². The van der Waals surface area contributed by atoms with Gasteiger partial charge in [0.1, 0.15) is 18.7 Å². The van der Waals surface area contributed by atoms with Crippen molar-refractivity contribution >= 4 is 33.8 Å². The van der Waals surface area contributed by atoms with Gasteiger partial charge in [0, 0.05) is 19.4 Å². The number of halogens is 1. The Kier molecular flexibility index (Phi) is 9.32. The van der Waals surface area contributed by atoms with E-state index in [1.165, 1.54) is 0 Å². The first-order valence-electron chi connectivity index (χ1n) is 9.63. The summed E-state index contributed by atoms with van der Waals surface area (Å²) in [6.45, 7) is 10.6. The van der Waals surface area contributed by atoms with Crippen molar-refractivity contribution in [2.24, 2.45) is 5.92 Å². The Balaban J connectivity index is 3.05. The fourth-order valence-electron chi connectivity index (χ4n) is 3.25. The average molecular weight is 465 g/mol. The lowest BCUT2D eigenvalue weighted by molar-refractivity contribution is -0.903. The van der Waals surface area contributed by atoms with Gasteiger partial charge >= 0.3 is 12.0 Å². The van der Waals surface area contributed by atoms with E-state index in [1.54, 1.807) is 27.8 Å². The molecule has 1 aliphatic heterocycles. The van der Waals surface area contributed by atoms with Crippen LogP contribution in [0.1, 0.15) is 47.5 Å². The molecule has 0 radical (unpaired) electrons. The van der Waals surface area contributed by atoms with Crippen LogP contribution in [0.25, 0.3) is 0 Å². The summed E-state index contributed by atoms with van der Waals surface area (Å²) in [6, 6.07) is 0. The molecule has 3 N–H and O–H groups in total. The average Bonchev–Trinajstić information content (AvgIpc) is 2.95. The molecule has 1 rings (SSSR count). The van der Waals surface area contributed by atoms with Crippen molar-refractivity contribution in [3.05, 3.63) is 0 Å². The largest absolute Gasteiger partial charge is 0.444 e. The number of rotatable bonds is 7. The molecule has 1 fully saturated rings. The smallest absolute Gasteiger partial charge is 0.412 e. The first-order chi connectivity index (χ1) is 12.9. The third kappa shape index (κ3) is 7.31. The van der Waals surface area contributed by atoms with E-state index in [1.807, 2.05) is 5.01 Å². The summed E-state index contributed by atoms with van der Waals surface area (Å²) in [5, 5.41) is 4.68. The van der Waals surface area contributed by atoms with Crippen molar-refractivity contribution in [2.45, 2.75) is 59.2 Å². The predicted octanol–water partition coefficient (Wildman–Crippen LogP) is 1.49. The molecule has 1 saturated heterocycles. The van der Waals surface area contributed by atoms with Crippen molar-refractivity contribution in [3.63, 3.8) is 0 Å². The summed E-state index contributed by atoms with van der Waals surface area (Å²) in [5.74, 6) is -0.144. The standard InChI is InChI=1S/C18H34BrN5O4/c1-13(2)11-23(20-6)12-16(26)24(22-15(25)10-19)9-7-8-14(24)21-17(27)28-18(3,4)5/h13-14,20H,7-12H2,1-6H3,(H-,21,22,25,27)/p+1. The number of ether oxygens (including phenoxy) is 1. The van der Waals surface area contributed by atoms with E-state index in [0.717, 1.165) is 0 Å². The van der Waals surface area contributed by atoms with Crippen LogP contribution >= 0.6 is 15.9 Å². The number of alkyl carbamates (subject to hydrolysis) is 1. The van der Waals surface area contributed by atoms with Crippen LogP contribution in [0.4, 0.5) is 4.79 Å². The van der Waals surface area contributed by atoms with Gasteiger partial charge in [-0.1, -0.05) is 29.8 Å². The highest BCUT2D eigenvalue weighted by Crippen LogP contribution is 2.24. The lowest BCUT2D eigenvalue weighted by Gasteiger charge is -2.37. The number of hydrogen-bond acceptors (Lipinski definition) is 6. The molecule has 10 heteroatoms. The molecule has 0 bridgehead atoms. The molecular weight excluding hydrogens is 430 g/mol. The maximum absolute atomic E-state index is 13.3. The maximum atomic E-state index is 13.3. The monoisotopic (exact) mass is 464 g/mol. The van der Waals surface area contributed by atoms with E-state index in [9.17, 15) is 14.4 Å². The molecule has 0 aromatic heterocycles. The highest BCUT2D eigenvalue weighted by atomic mass is 79.9. The van der Waals surface area contributed by atoms with Crippen LogP contribution in [-0.2, 0) is 14.3 Å². The van der Waals surface area contributed by atoms with Crippen LogP contribution < -0.4 is 16.2 Å². The zero-order valence-electron chi connectivity index (χ0n) is 17.8. The number of nitrogens with one attached hydrogen (secondary N) is 3. The fourth-order valence-corrected chi connectivity index (χ4v) is 3.37. The summed E-state index contributed by atoms with van der Waals surface area (Å²) >= 11 is 3.14. The normalized spacial score (nSPS) is 22.4. The predicted molar refractivity (Wildman–Crippen MR) is 110 cm³/mol. The van der Waals surface area contributed by atoms with Gasteiger partial charge in [-0.15, -0.1) is 4.59 Å². The lowest BCUT2D eigenvalue weighted by Crippen LogP contribution is -2.72. The first kappa shape index (κ1) is 24.8. The number of carbonyl (C=O) groups excluding carboxylic acids is 3. The Hall–Kier alpha value is -1.23. The molecule has 0 spiro atoms. The van der Waals surface area contributed by atoms with E-state index in [4.69, 9.17) is 4.74 Å². The van der Waals surface area contributed by atoms with Crippen molar-refractivity contribution in [2.75, 3.05) is 32.0 Å². The summed E-state index contributed by atoms with van der Waals surface area (Å²) in [5.41, 5.74) is 5.20. The van der Waals surface area contributed by atoms with Gasteiger partial charge < -0.3 is 4.74 Å². The molecule has 0 aromatic carbocycles. The molecule has 1 aliphatic rings. The lowest BCUT2D eigenvalue weighted by atomic mass is 10.2. The van der Waals surface area contributed by atoms with Crippen LogP contribution in [0.5, 0.6) is 0 Å². The van der Waals surface area contributed by atoms with Gasteiger partial charge in [-0.05, 0) is 33.7 Å². The number of likely N-dealkylation sites (tertiary alicyclic amines) is 1. The Morgan fingerprint density at radius 3 is 2.43 bits per heavy atom. The highest BCUT2D eigenvalue weighted by molar-refractivity contribution is 9.09. The van der Waals surface area contributed by atoms with E-state index in [0.29, 0.717) is 31.8 Å². The van der Waals surface area contributed by atoms with Gasteiger partial charge in [-0.3, -0.25) is 15.5 Å². The molecule has 2 atom stereocenters.